The lowest BCUT2D eigenvalue weighted by Crippen LogP contribution is -2.30. The standard InChI is InChI=1S/C20H13ClF3NO5/c1-10(18(27)25-14-8-11(20(22,23)24)6-7-13(14)21)29-19(28)17-9-15(26)12-4-2-3-5-16(12)30-17/h2-10H,1H3,(H,25,27). The first-order valence-electron chi connectivity index (χ1n) is 8.48. The van der Waals surface area contributed by atoms with Gasteiger partial charge in [0.05, 0.1) is 21.7 Å². The molecule has 0 spiro atoms. The maximum atomic E-state index is 12.8. The third kappa shape index (κ3) is 4.62. The molecule has 10 heteroatoms. The van der Waals surface area contributed by atoms with E-state index in [9.17, 15) is 27.6 Å². The lowest BCUT2D eigenvalue weighted by molar-refractivity contribution is -0.137. The molecule has 0 radical (unpaired) electrons. The zero-order chi connectivity index (χ0) is 22.1. The summed E-state index contributed by atoms with van der Waals surface area (Å²) in [7, 11) is 0. The van der Waals surface area contributed by atoms with E-state index in [-0.39, 0.29) is 21.7 Å². The summed E-state index contributed by atoms with van der Waals surface area (Å²) < 4.78 is 48.8. The van der Waals surface area contributed by atoms with E-state index >= 15 is 0 Å². The van der Waals surface area contributed by atoms with E-state index in [0.29, 0.717) is 6.07 Å². The number of esters is 1. The van der Waals surface area contributed by atoms with Gasteiger partial charge in [-0.15, -0.1) is 0 Å². The maximum Gasteiger partial charge on any atom is 0.416 e. The number of hydrogen-bond donors (Lipinski definition) is 1. The Kier molecular flexibility index (Phi) is 5.84. The third-order valence-electron chi connectivity index (χ3n) is 4.04. The largest absolute Gasteiger partial charge is 0.449 e. The molecule has 0 aliphatic heterocycles. The Hall–Kier alpha value is -3.33. The van der Waals surface area contributed by atoms with Crippen LogP contribution in [-0.2, 0) is 15.7 Å². The van der Waals surface area contributed by atoms with Crippen LogP contribution >= 0.6 is 11.6 Å². The Bertz CT molecular complexity index is 1190. The molecule has 1 aromatic heterocycles. The van der Waals surface area contributed by atoms with Crippen molar-refractivity contribution < 1.29 is 31.9 Å². The SMILES string of the molecule is CC(OC(=O)c1cc(=O)c2ccccc2o1)C(=O)Nc1cc(C(F)(F)F)ccc1Cl. The van der Waals surface area contributed by atoms with Crippen LogP contribution in [0, 0.1) is 0 Å². The van der Waals surface area contributed by atoms with Gasteiger partial charge in [-0.3, -0.25) is 9.59 Å². The average molecular weight is 440 g/mol. The highest BCUT2D eigenvalue weighted by Gasteiger charge is 2.31. The number of rotatable bonds is 4. The number of amides is 1. The first-order chi connectivity index (χ1) is 14.1. The van der Waals surface area contributed by atoms with Crippen molar-refractivity contribution >= 4 is 40.1 Å². The van der Waals surface area contributed by atoms with E-state index in [1.807, 2.05) is 0 Å². The van der Waals surface area contributed by atoms with Gasteiger partial charge in [-0.2, -0.15) is 13.2 Å². The Labute approximate surface area is 172 Å². The van der Waals surface area contributed by atoms with Crippen LogP contribution in [0.5, 0.6) is 0 Å². The number of ether oxygens (including phenoxy) is 1. The minimum atomic E-state index is -4.63. The minimum Gasteiger partial charge on any atom is -0.449 e. The van der Waals surface area contributed by atoms with Crippen LogP contribution in [0.4, 0.5) is 18.9 Å². The summed E-state index contributed by atoms with van der Waals surface area (Å²) in [4.78, 5) is 36.6. The molecule has 1 atom stereocenters. The topological polar surface area (TPSA) is 85.6 Å². The summed E-state index contributed by atoms with van der Waals surface area (Å²) in [5, 5.41) is 2.31. The van der Waals surface area contributed by atoms with Gasteiger partial charge in [0.25, 0.3) is 5.91 Å². The van der Waals surface area contributed by atoms with Crippen LogP contribution in [0.3, 0.4) is 0 Å². The summed E-state index contributed by atoms with van der Waals surface area (Å²) in [6, 6.07) is 9.59. The molecule has 2 aromatic carbocycles. The van der Waals surface area contributed by atoms with Gasteiger partial charge in [-0.1, -0.05) is 23.7 Å². The number of anilines is 1. The van der Waals surface area contributed by atoms with Gasteiger partial charge < -0.3 is 14.5 Å². The quantitative estimate of drug-likeness (QED) is 0.598. The normalized spacial score (nSPS) is 12.4. The van der Waals surface area contributed by atoms with Crippen molar-refractivity contribution in [1.29, 1.82) is 0 Å². The van der Waals surface area contributed by atoms with Gasteiger partial charge in [0, 0.05) is 6.07 Å². The second kappa shape index (κ2) is 8.19. The molecule has 3 rings (SSSR count). The smallest absolute Gasteiger partial charge is 0.416 e. The Morgan fingerprint density at radius 1 is 1.13 bits per heavy atom. The van der Waals surface area contributed by atoms with E-state index in [2.05, 4.69) is 5.32 Å². The van der Waals surface area contributed by atoms with E-state index < -0.39 is 40.9 Å². The molecule has 30 heavy (non-hydrogen) atoms. The summed E-state index contributed by atoms with van der Waals surface area (Å²) >= 11 is 5.83. The number of hydrogen-bond acceptors (Lipinski definition) is 5. The molecule has 0 saturated carbocycles. The van der Waals surface area contributed by atoms with Gasteiger partial charge in [-0.25, -0.2) is 4.79 Å². The molecule has 1 heterocycles. The van der Waals surface area contributed by atoms with Crippen molar-refractivity contribution in [3.8, 4) is 0 Å². The monoisotopic (exact) mass is 439 g/mol. The third-order valence-corrected chi connectivity index (χ3v) is 4.37. The highest BCUT2D eigenvalue weighted by Crippen LogP contribution is 2.33. The van der Waals surface area contributed by atoms with Crippen LogP contribution in [0.25, 0.3) is 11.0 Å². The van der Waals surface area contributed by atoms with Crippen LogP contribution in [0.1, 0.15) is 23.0 Å². The summed E-state index contributed by atoms with van der Waals surface area (Å²) in [5.41, 5.74) is -1.62. The summed E-state index contributed by atoms with van der Waals surface area (Å²) in [5.74, 6) is -2.43. The van der Waals surface area contributed by atoms with E-state index in [4.69, 9.17) is 20.8 Å². The van der Waals surface area contributed by atoms with Gasteiger partial charge in [0.15, 0.2) is 11.5 Å². The van der Waals surface area contributed by atoms with E-state index in [0.717, 1.165) is 18.2 Å². The van der Waals surface area contributed by atoms with Crippen molar-refractivity contribution in [2.24, 2.45) is 0 Å². The van der Waals surface area contributed by atoms with E-state index in [1.165, 1.54) is 19.1 Å². The predicted octanol–water partition coefficient (Wildman–Crippen LogP) is 4.65. The number of halogens is 4. The summed E-state index contributed by atoms with van der Waals surface area (Å²) in [6.45, 7) is 1.20. The number of nitrogens with one attached hydrogen (secondary N) is 1. The molecule has 0 aliphatic carbocycles. The highest BCUT2D eigenvalue weighted by molar-refractivity contribution is 6.33. The molecule has 0 fully saturated rings. The molecule has 1 amide bonds. The lowest BCUT2D eigenvalue weighted by atomic mass is 10.2. The van der Waals surface area contributed by atoms with Gasteiger partial charge in [-0.05, 0) is 37.3 Å². The number of carbonyl (C=O) groups excluding carboxylic acids is 2. The molecule has 156 valence electrons. The van der Waals surface area contributed by atoms with Crippen molar-refractivity contribution in [2.45, 2.75) is 19.2 Å². The van der Waals surface area contributed by atoms with Gasteiger partial charge in [0.2, 0.25) is 5.76 Å². The fourth-order valence-electron chi connectivity index (χ4n) is 2.51. The molecule has 0 saturated heterocycles. The predicted molar refractivity (Wildman–Crippen MR) is 102 cm³/mol. The highest BCUT2D eigenvalue weighted by atomic mass is 35.5. The number of alkyl halides is 3. The number of para-hydroxylation sites is 1. The molecule has 0 bridgehead atoms. The fraction of sp³-hybridized carbons (Fsp3) is 0.150. The first-order valence-corrected chi connectivity index (χ1v) is 8.85. The molecule has 1 N–H and O–H groups in total. The second-order valence-electron chi connectivity index (χ2n) is 6.20. The molecule has 6 nitrogen and oxygen atoms in total. The van der Waals surface area contributed by atoms with Gasteiger partial charge >= 0.3 is 12.1 Å². The van der Waals surface area contributed by atoms with Crippen molar-refractivity contribution in [3.05, 3.63) is 75.1 Å². The van der Waals surface area contributed by atoms with Crippen molar-refractivity contribution in [3.63, 3.8) is 0 Å². The molecular weight excluding hydrogens is 427 g/mol. The molecule has 3 aromatic rings. The summed E-state index contributed by atoms with van der Waals surface area (Å²) in [6.07, 6.45) is -6.05. The van der Waals surface area contributed by atoms with Crippen LogP contribution in [0.2, 0.25) is 5.02 Å². The van der Waals surface area contributed by atoms with Crippen molar-refractivity contribution in [1.82, 2.24) is 0 Å². The van der Waals surface area contributed by atoms with Crippen LogP contribution in [-0.4, -0.2) is 18.0 Å². The Morgan fingerprint density at radius 2 is 1.83 bits per heavy atom. The fourth-order valence-corrected chi connectivity index (χ4v) is 2.67. The Balaban J connectivity index is 1.75. The maximum absolute atomic E-state index is 12.8. The Morgan fingerprint density at radius 3 is 2.53 bits per heavy atom. The number of benzene rings is 2. The van der Waals surface area contributed by atoms with Crippen LogP contribution in [0.15, 0.2) is 57.7 Å². The average Bonchev–Trinajstić information content (AvgIpc) is 2.68. The minimum absolute atomic E-state index is 0.129. The van der Waals surface area contributed by atoms with Crippen molar-refractivity contribution in [2.75, 3.05) is 5.32 Å². The zero-order valence-corrected chi connectivity index (χ0v) is 16.0. The number of carbonyl (C=O) groups is 2. The van der Waals surface area contributed by atoms with Gasteiger partial charge in [0.1, 0.15) is 5.58 Å². The second-order valence-corrected chi connectivity index (χ2v) is 6.61. The lowest BCUT2D eigenvalue weighted by Gasteiger charge is -2.15. The molecular formula is C20H13ClF3NO5. The molecule has 1 unspecified atom stereocenters. The number of fused-ring (bicyclic) bond motifs is 1. The first kappa shape index (κ1) is 21.4. The molecule has 0 aliphatic rings. The van der Waals surface area contributed by atoms with Crippen LogP contribution < -0.4 is 10.7 Å². The zero-order valence-electron chi connectivity index (χ0n) is 15.2. The van der Waals surface area contributed by atoms with E-state index in [1.54, 1.807) is 12.1 Å².